The monoisotopic (exact) mass is 431 g/mol. The summed E-state index contributed by atoms with van der Waals surface area (Å²) in [6, 6.07) is 8.42. The number of carbonyl (C=O) groups excluding carboxylic acids is 1. The van der Waals surface area contributed by atoms with Gasteiger partial charge in [0.25, 0.3) is 0 Å². The number of ether oxygens (including phenoxy) is 2. The third-order valence-electron chi connectivity index (χ3n) is 5.25. The lowest BCUT2D eigenvalue weighted by Gasteiger charge is -2.39. The highest BCUT2D eigenvalue weighted by Crippen LogP contribution is 2.19. The Bertz CT molecular complexity index is 757. The molecule has 31 heavy (non-hydrogen) atoms. The lowest BCUT2D eigenvalue weighted by atomic mass is 10.2. The maximum atomic E-state index is 12.4. The fourth-order valence-corrected chi connectivity index (χ4v) is 3.68. The second-order valence-corrected chi connectivity index (χ2v) is 9.44. The summed E-state index contributed by atoms with van der Waals surface area (Å²) >= 11 is 0. The van der Waals surface area contributed by atoms with Gasteiger partial charge in [0.15, 0.2) is 5.96 Å². The molecule has 0 spiro atoms. The summed E-state index contributed by atoms with van der Waals surface area (Å²) in [5, 5.41) is 3.46. The number of nitrogens with zero attached hydrogens (tertiary/aromatic N) is 4. The minimum atomic E-state index is -0.472. The molecule has 0 aliphatic carbocycles. The zero-order valence-electron chi connectivity index (χ0n) is 19.6. The Morgan fingerprint density at radius 2 is 1.97 bits per heavy atom. The first-order valence-corrected chi connectivity index (χ1v) is 11.1. The molecular weight excluding hydrogens is 394 g/mol. The van der Waals surface area contributed by atoms with Crippen molar-refractivity contribution in [1.29, 1.82) is 0 Å². The van der Waals surface area contributed by atoms with E-state index in [2.05, 4.69) is 46.3 Å². The number of nitrogens with one attached hydrogen (secondary N) is 1. The number of guanidine groups is 1. The molecule has 1 fully saturated rings. The maximum Gasteiger partial charge on any atom is 0.410 e. The van der Waals surface area contributed by atoms with Gasteiger partial charge >= 0.3 is 6.09 Å². The molecule has 1 atom stereocenters. The Morgan fingerprint density at radius 1 is 1.23 bits per heavy atom. The normalized spacial score (nSPS) is 18.6. The number of rotatable bonds is 7. The van der Waals surface area contributed by atoms with E-state index in [1.165, 1.54) is 5.56 Å². The molecule has 1 amide bonds. The summed E-state index contributed by atoms with van der Waals surface area (Å²) in [6.45, 7) is 10.9. The number of fused-ring (bicyclic) bond motifs is 1. The van der Waals surface area contributed by atoms with Crippen LogP contribution in [0.2, 0.25) is 0 Å². The van der Waals surface area contributed by atoms with Crippen LogP contribution in [0.1, 0.15) is 32.8 Å². The van der Waals surface area contributed by atoms with E-state index in [0.29, 0.717) is 26.2 Å². The predicted molar refractivity (Wildman–Crippen MR) is 123 cm³/mol. The topological polar surface area (TPSA) is 69.6 Å². The Morgan fingerprint density at radius 3 is 2.65 bits per heavy atom. The van der Waals surface area contributed by atoms with Crippen molar-refractivity contribution in [2.24, 2.45) is 4.99 Å². The second-order valence-electron chi connectivity index (χ2n) is 9.44. The molecule has 2 heterocycles. The first-order valence-electron chi connectivity index (χ1n) is 11.1. The van der Waals surface area contributed by atoms with Crippen LogP contribution in [0.3, 0.4) is 0 Å². The third-order valence-corrected chi connectivity index (χ3v) is 5.25. The van der Waals surface area contributed by atoms with Crippen LogP contribution in [0, 0.1) is 0 Å². The molecule has 2 aliphatic heterocycles. The summed E-state index contributed by atoms with van der Waals surface area (Å²) in [4.78, 5) is 23.2. The fourth-order valence-electron chi connectivity index (χ4n) is 3.68. The van der Waals surface area contributed by atoms with Crippen LogP contribution < -0.4 is 10.1 Å². The summed E-state index contributed by atoms with van der Waals surface area (Å²) in [5.74, 6) is 1.82. The van der Waals surface area contributed by atoms with Crippen LogP contribution in [0.15, 0.2) is 29.3 Å². The average molecular weight is 432 g/mol. The number of carbonyl (C=O) groups is 1. The molecule has 1 aromatic rings. The van der Waals surface area contributed by atoms with Gasteiger partial charge in [-0.2, -0.15) is 0 Å². The summed E-state index contributed by atoms with van der Waals surface area (Å²) in [6.07, 6.45) is 0.774. The van der Waals surface area contributed by atoms with Gasteiger partial charge in [-0.3, -0.25) is 4.99 Å². The van der Waals surface area contributed by atoms with Gasteiger partial charge in [-0.05, 0) is 59.0 Å². The van der Waals surface area contributed by atoms with Gasteiger partial charge in [0, 0.05) is 32.7 Å². The van der Waals surface area contributed by atoms with Crippen molar-refractivity contribution >= 4 is 12.1 Å². The first-order chi connectivity index (χ1) is 14.7. The quantitative estimate of drug-likeness (QED) is 0.669. The highest BCUT2D eigenvalue weighted by molar-refractivity contribution is 5.82. The fraction of sp³-hybridized carbons (Fsp3) is 0.652. The van der Waals surface area contributed by atoms with Gasteiger partial charge in [0.1, 0.15) is 11.4 Å². The first kappa shape index (κ1) is 23.2. The van der Waals surface area contributed by atoms with E-state index >= 15 is 0 Å². The van der Waals surface area contributed by atoms with Crippen molar-refractivity contribution in [3.8, 4) is 5.75 Å². The van der Waals surface area contributed by atoms with Gasteiger partial charge in [-0.25, -0.2) is 4.79 Å². The highest BCUT2D eigenvalue weighted by Gasteiger charge is 2.36. The van der Waals surface area contributed by atoms with Crippen molar-refractivity contribution in [2.75, 3.05) is 53.4 Å². The predicted octanol–water partition coefficient (Wildman–Crippen LogP) is 2.40. The largest absolute Gasteiger partial charge is 0.494 e. The zero-order valence-corrected chi connectivity index (χ0v) is 19.6. The highest BCUT2D eigenvalue weighted by atomic mass is 16.6. The SMILES string of the molecule is CN(C)CCCOc1ccc(CNC2=NCC3CN(C(=O)OC(C)(C)C)CCN23)cc1. The number of amides is 1. The smallest absolute Gasteiger partial charge is 0.410 e. The Labute approximate surface area is 186 Å². The van der Waals surface area contributed by atoms with Crippen LogP contribution in [0.4, 0.5) is 4.79 Å². The van der Waals surface area contributed by atoms with Gasteiger partial charge in [-0.1, -0.05) is 12.1 Å². The van der Waals surface area contributed by atoms with Crippen LogP contribution in [-0.4, -0.2) is 91.8 Å². The third kappa shape index (κ3) is 7.02. The van der Waals surface area contributed by atoms with E-state index in [1.54, 1.807) is 4.90 Å². The number of hydrogen-bond acceptors (Lipinski definition) is 7. The summed E-state index contributed by atoms with van der Waals surface area (Å²) in [7, 11) is 4.14. The number of piperazine rings is 1. The van der Waals surface area contributed by atoms with Gasteiger partial charge in [-0.15, -0.1) is 0 Å². The standard InChI is InChI=1S/C23H37N5O3/c1-23(2,3)31-22(29)27-12-13-28-19(17-27)16-25-21(28)24-15-18-7-9-20(10-8-18)30-14-6-11-26(4)5/h7-10,19H,6,11-17H2,1-5H3,(H,24,25). The number of hydrogen-bond donors (Lipinski definition) is 1. The molecule has 0 radical (unpaired) electrons. The minimum absolute atomic E-state index is 0.210. The number of aliphatic imine (C=N–C) groups is 1. The molecule has 1 aromatic carbocycles. The molecule has 0 saturated carbocycles. The Balaban J connectivity index is 1.42. The molecule has 3 rings (SSSR count). The molecule has 0 bridgehead atoms. The van der Waals surface area contributed by atoms with Gasteiger partial charge in [0.05, 0.1) is 19.2 Å². The molecule has 1 saturated heterocycles. The van der Waals surface area contributed by atoms with E-state index in [-0.39, 0.29) is 12.1 Å². The molecule has 172 valence electrons. The molecule has 1 unspecified atom stereocenters. The summed E-state index contributed by atoms with van der Waals surface area (Å²) in [5.41, 5.74) is 0.707. The number of benzene rings is 1. The lowest BCUT2D eigenvalue weighted by molar-refractivity contribution is 0.0137. The average Bonchev–Trinajstić information content (AvgIpc) is 3.11. The van der Waals surface area contributed by atoms with Crippen molar-refractivity contribution in [3.05, 3.63) is 29.8 Å². The molecule has 8 nitrogen and oxygen atoms in total. The van der Waals surface area contributed by atoms with Crippen molar-refractivity contribution in [2.45, 2.75) is 45.4 Å². The Hall–Kier alpha value is -2.48. The van der Waals surface area contributed by atoms with E-state index in [1.807, 2.05) is 32.9 Å². The molecule has 0 aromatic heterocycles. The molecule has 8 heteroatoms. The van der Waals surface area contributed by atoms with E-state index in [4.69, 9.17) is 9.47 Å². The van der Waals surface area contributed by atoms with Crippen LogP contribution >= 0.6 is 0 Å². The van der Waals surface area contributed by atoms with E-state index < -0.39 is 5.60 Å². The van der Waals surface area contributed by atoms with Crippen LogP contribution in [0.5, 0.6) is 5.75 Å². The zero-order chi connectivity index (χ0) is 22.4. The van der Waals surface area contributed by atoms with Crippen LogP contribution in [0.25, 0.3) is 0 Å². The van der Waals surface area contributed by atoms with E-state index in [9.17, 15) is 4.79 Å². The second kappa shape index (κ2) is 10.2. The van der Waals surface area contributed by atoms with E-state index in [0.717, 1.165) is 37.8 Å². The molecular formula is C23H37N5O3. The van der Waals surface area contributed by atoms with Crippen molar-refractivity contribution in [1.82, 2.24) is 20.0 Å². The van der Waals surface area contributed by atoms with Gasteiger partial charge in [0.2, 0.25) is 0 Å². The summed E-state index contributed by atoms with van der Waals surface area (Å²) < 4.78 is 11.3. The van der Waals surface area contributed by atoms with Crippen molar-refractivity contribution < 1.29 is 14.3 Å². The minimum Gasteiger partial charge on any atom is -0.494 e. The van der Waals surface area contributed by atoms with Crippen molar-refractivity contribution in [3.63, 3.8) is 0 Å². The Kier molecular flexibility index (Phi) is 7.64. The molecule has 1 N–H and O–H groups in total. The van der Waals surface area contributed by atoms with Crippen LogP contribution in [-0.2, 0) is 11.3 Å². The molecule has 2 aliphatic rings. The maximum absolute atomic E-state index is 12.4. The van der Waals surface area contributed by atoms with Gasteiger partial charge < -0.3 is 29.5 Å². The lowest BCUT2D eigenvalue weighted by Crippen LogP contribution is -2.57.